The van der Waals surface area contributed by atoms with E-state index in [1.54, 1.807) is 30.3 Å². The van der Waals surface area contributed by atoms with Crippen LogP contribution in [0.2, 0.25) is 0 Å². The average molecular weight is 394 g/mol. The minimum Gasteiger partial charge on any atom is -0.399 e. The molecule has 3 N–H and O–H groups in total. The third-order valence-electron chi connectivity index (χ3n) is 4.63. The SMILES string of the molecule is Cc1nc2c(F)cc(-c3nc(Nc4ccc(N)cc4)ncc3F)cc2n1C(C)C. The summed E-state index contributed by atoms with van der Waals surface area (Å²) < 4.78 is 31.2. The van der Waals surface area contributed by atoms with Gasteiger partial charge in [0, 0.05) is 23.0 Å². The first-order valence-corrected chi connectivity index (χ1v) is 9.17. The number of fused-ring (bicyclic) bond motifs is 1. The van der Waals surface area contributed by atoms with Gasteiger partial charge in [0.25, 0.3) is 0 Å². The smallest absolute Gasteiger partial charge is 0.227 e. The van der Waals surface area contributed by atoms with Crippen molar-refractivity contribution >= 4 is 28.4 Å². The molecule has 0 unspecified atom stereocenters. The number of aryl methyl sites for hydroxylation is 1. The third-order valence-corrected chi connectivity index (χ3v) is 4.63. The van der Waals surface area contributed by atoms with Crippen LogP contribution in [-0.2, 0) is 0 Å². The monoisotopic (exact) mass is 394 g/mol. The van der Waals surface area contributed by atoms with Crippen LogP contribution < -0.4 is 11.1 Å². The van der Waals surface area contributed by atoms with Crippen molar-refractivity contribution in [2.45, 2.75) is 26.8 Å². The van der Waals surface area contributed by atoms with E-state index in [0.29, 0.717) is 28.3 Å². The maximum Gasteiger partial charge on any atom is 0.227 e. The molecule has 0 aliphatic rings. The van der Waals surface area contributed by atoms with Crippen molar-refractivity contribution < 1.29 is 8.78 Å². The number of nitrogens with zero attached hydrogens (tertiary/aromatic N) is 4. The van der Waals surface area contributed by atoms with Crippen molar-refractivity contribution in [2.75, 3.05) is 11.1 Å². The van der Waals surface area contributed by atoms with Gasteiger partial charge in [-0.15, -0.1) is 0 Å². The van der Waals surface area contributed by atoms with Gasteiger partial charge in [0.2, 0.25) is 5.95 Å². The van der Waals surface area contributed by atoms with Crippen LogP contribution in [0.25, 0.3) is 22.3 Å². The number of aromatic nitrogens is 4. The van der Waals surface area contributed by atoms with Crippen LogP contribution in [0.15, 0.2) is 42.6 Å². The number of hydrogen-bond acceptors (Lipinski definition) is 5. The molecule has 0 spiro atoms. The van der Waals surface area contributed by atoms with Gasteiger partial charge in [0.15, 0.2) is 11.6 Å². The summed E-state index contributed by atoms with van der Waals surface area (Å²) in [4.78, 5) is 12.6. The quantitative estimate of drug-likeness (QED) is 0.477. The summed E-state index contributed by atoms with van der Waals surface area (Å²) in [6, 6.07) is 10.0. The number of benzene rings is 2. The van der Waals surface area contributed by atoms with Crippen LogP contribution in [0.4, 0.5) is 26.1 Å². The van der Waals surface area contributed by atoms with Crippen molar-refractivity contribution in [3.8, 4) is 11.3 Å². The van der Waals surface area contributed by atoms with E-state index in [0.717, 1.165) is 6.20 Å². The molecule has 0 aliphatic carbocycles. The number of rotatable bonds is 4. The van der Waals surface area contributed by atoms with Crippen LogP contribution in [0.3, 0.4) is 0 Å². The van der Waals surface area contributed by atoms with Gasteiger partial charge >= 0.3 is 0 Å². The van der Waals surface area contributed by atoms with Gasteiger partial charge in [0.1, 0.15) is 17.0 Å². The lowest BCUT2D eigenvalue weighted by molar-refractivity contribution is 0.600. The molecule has 2 heterocycles. The summed E-state index contributed by atoms with van der Waals surface area (Å²) in [6.45, 7) is 5.79. The molecular weight excluding hydrogens is 374 g/mol. The summed E-state index contributed by atoms with van der Waals surface area (Å²) >= 11 is 0. The third kappa shape index (κ3) is 3.49. The van der Waals surface area contributed by atoms with Crippen molar-refractivity contribution in [1.82, 2.24) is 19.5 Å². The first-order chi connectivity index (χ1) is 13.8. The average Bonchev–Trinajstić information content (AvgIpc) is 3.02. The molecule has 0 saturated heterocycles. The summed E-state index contributed by atoms with van der Waals surface area (Å²) in [5.74, 6) is -0.273. The van der Waals surface area contributed by atoms with E-state index < -0.39 is 11.6 Å². The Labute approximate surface area is 166 Å². The molecule has 4 aromatic rings. The molecule has 8 heteroatoms. The molecule has 2 aromatic heterocycles. The van der Waals surface area contributed by atoms with Gasteiger partial charge in [-0.1, -0.05) is 0 Å². The molecule has 0 aliphatic heterocycles. The zero-order valence-electron chi connectivity index (χ0n) is 16.2. The van der Waals surface area contributed by atoms with Gasteiger partial charge in [-0.3, -0.25) is 0 Å². The number of nitrogen functional groups attached to an aromatic ring is 1. The van der Waals surface area contributed by atoms with Gasteiger partial charge in [-0.2, -0.15) is 0 Å². The fourth-order valence-corrected chi connectivity index (χ4v) is 3.38. The van der Waals surface area contributed by atoms with Crippen molar-refractivity contribution in [1.29, 1.82) is 0 Å². The molecule has 0 fully saturated rings. The zero-order valence-corrected chi connectivity index (χ0v) is 16.2. The lowest BCUT2D eigenvalue weighted by atomic mass is 10.1. The molecule has 4 rings (SSSR count). The van der Waals surface area contributed by atoms with Crippen LogP contribution in [0, 0.1) is 18.6 Å². The molecule has 29 heavy (non-hydrogen) atoms. The normalized spacial score (nSPS) is 11.4. The number of halogens is 2. The second-order valence-corrected chi connectivity index (χ2v) is 7.09. The topological polar surface area (TPSA) is 81.7 Å². The fourth-order valence-electron chi connectivity index (χ4n) is 3.38. The summed E-state index contributed by atoms with van der Waals surface area (Å²) in [6.07, 6.45) is 1.06. The number of hydrogen-bond donors (Lipinski definition) is 2. The molecule has 148 valence electrons. The van der Waals surface area contributed by atoms with Gasteiger partial charge in [-0.05, 0) is 57.2 Å². The highest BCUT2D eigenvalue weighted by Gasteiger charge is 2.18. The zero-order chi connectivity index (χ0) is 20.7. The fraction of sp³-hybridized carbons (Fsp3) is 0.190. The van der Waals surface area contributed by atoms with E-state index in [1.807, 2.05) is 25.3 Å². The molecule has 6 nitrogen and oxygen atoms in total. The second-order valence-electron chi connectivity index (χ2n) is 7.09. The number of imidazole rings is 1. The molecule has 0 saturated carbocycles. The molecular formula is C21H20F2N6. The van der Waals surface area contributed by atoms with E-state index in [4.69, 9.17) is 5.73 Å². The molecule has 0 radical (unpaired) electrons. The predicted octanol–water partition coefficient (Wildman–Crippen LogP) is 4.99. The molecule has 0 amide bonds. The predicted molar refractivity (Wildman–Crippen MR) is 110 cm³/mol. The highest BCUT2D eigenvalue weighted by molar-refractivity contribution is 5.83. The Hall–Kier alpha value is -3.55. The highest BCUT2D eigenvalue weighted by atomic mass is 19.1. The van der Waals surface area contributed by atoms with E-state index in [9.17, 15) is 8.78 Å². The van der Waals surface area contributed by atoms with Crippen LogP contribution in [-0.4, -0.2) is 19.5 Å². The van der Waals surface area contributed by atoms with E-state index >= 15 is 0 Å². The van der Waals surface area contributed by atoms with E-state index in [2.05, 4.69) is 20.3 Å². The van der Waals surface area contributed by atoms with Gasteiger partial charge in [0.05, 0.1) is 11.7 Å². The van der Waals surface area contributed by atoms with Crippen molar-refractivity contribution in [3.05, 3.63) is 60.1 Å². The maximum atomic E-state index is 14.7. The van der Waals surface area contributed by atoms with Crippen LogP contribution in [0.5, 0.6) is 0 Å². The minimum absolute atomic E-state index is 0.00732. The van der Waals surface area contributed by atoms with E-state index in [1.165, 1.54) is 6.07 Å². The maximum absolute atomic E-state index is 14.7. The Balaban J connectivity index is 1.80. The molecule has 0 atom stereocenters. The number of anilines is 3. The summed E-state index contributed by atoms with van der Waals surface area (Å²) in [5.41, 5.74) is 8.19. The molecule has 0 bridgehead atoms. The second kappa shape index (κ2) is 7.12. The highest BCUT2D eigenvalue weighted by Crippen LogP contribution is 2.30. The Kier molecular flexibility index (Phi) is 4.62. The van der Waals surface area contributed by atoms with Gasteiger partial charge in [-0.25, -0.2) is 23.7 Å². The molecule has 2 aromatic carbocycles. The number of nitrogens with two attached hydrogens (primary N) is 1. The standard InChI is InChI=1S/C21H20F2N6/c1-11(2)29-12(3)26-20-16(22)8-13(9-18(20)29)19-17(23)10-25-21(28-19)27-15-6-4-14(24)5-7-15/h4-11H,24H2,1-3H3,(H,25,27,28). The number of nitrogens with one attached hydrogen (secondary N) is 1. The van der Waals surface area contributed by atoms with E-state index in [-0.39, 0.29) is 23.2 Å². The Morgan fingerprint density at radius 3 is 2.45 bits per heavy atom. The van der Waals surface area contributed by atoms with Crippen molar-refractivity contribution in [3.63, 3.8) is 0 Å². The Bertz CT molecular complexity index is 1200. The summed E-state index contributed by atoms with van der Waals surface area (Å²) in [5, 5.41) is 3.00. The lowest BCUT2D eigenvalue weighted by Gasteiger charge is -2.12. The largest absolute Gasteiger partial charge is 0.399 e. The van der Waals surface area contributed by atoms with Crippen LogP contribution in [0.1, 0.15) is 25.7 Å². The first-order valence-electron chi connectivity index (χ1n) is 9.17. The van der Waals surface area contributed by atoms with Gasteiger partial charge < -0.3 is 15.6 Å². The van der Waals surface area contributed by atoms with Crippen molar-refractivity contribution in [2.24, 2.45) is 0 Å². The summed E-state index contributed by atoms with van der Waals surface area (Å²) in [7, 11) is 0. The Morgan fingerprint density at radius 2 is 1.76 bits per heavy atom. The van der Waals surface area contributed by atoms with Crippen LogP contribution >= 0.6 is 0 Å². The first kappa shape index (κ1) is 18.8. The Morgan fingerprint density at radius 1 is 1.03 bits per heavy atom. The minimum atomic E-state index is -0.640. The lowest BCUT2D eigenvalue weighted by Crippen LogP contribution is -2.03.